The van der Waals surface area contributed by atoms with Gasteiger partial charge in [-0.2, -0.15) is 0 Å². The molecule has 0 aliphatic carbocycles. The molecule has 0 spiro atoms. The van der Waals surface area contributed by atoms with E-state index in [0.717, 1.165) is 22.3 Å². The third-order valence-electron chi connectivity index (χ3n) is 3.38. The first-order valence-corrected chi connectivity index (χ1v) is 8.85. The molecule has 120 valence electrons. The van der Waals surface area contributed by atoms with Gasteiger partial charge in [-0.1, -0.05) is 54.2 Å². The molecule has 0 saturated carbocycles. The number of carbonyl (C=O) groups excluding carboxylic acids is 1. The Kier molecular flexibility index (Phi) is 5.08. The van der Waals surface area contributed by atoms with Crippen molar-refractivity contribution < 1.29 is 9.72 Å². The topological polar surface area (TPSA) is 60.2 Å². The van der Waals surface area contributed by atoms with Crippen LogP contribution in [-0.4, -0.2) is 11.2 Å². The summed E-state index contributed by atoms with van der Waals surface area (Å²) in [4.78, 5) is 23.0. The van der Waals surface area contributed by atoms with Gasteiger partial charge in [-0.15, -0.1) is 11.3 Å². The zero-order valence-corrected chi connectivity index (χ0v) is 14.2. The summed E-state index contributed by atoms with van der Waals surface area (Å²) in [5, 5.41) is 11.2. The molecule has 0 N–H and O–H groups in total. The normalized spacial score (nSPS) is 10.5. The Bertz CT molecular complexity index is 858. The minimum atomic E-state index is -0.397. The van der Waals surface area contributed by atoms with Crippen LogP contribution in [0.1, 0.15) is 4.88 Å². The lowest BCUT2D eigenvalue weighted by Crippen LogP contribution is -1.86. The number of nitro groups is 1. The van der Waals surface area contributed by atoms with E-state index >= 15 is 0 Å². The molecule has 4 nitrogen and oxygen atoms in total. The summed E-state index contributed by atoms with van der Waals surface area (Å²) in [6, 6.07) is 19.4. The highest BCUT2D eigenvalue weighted by Gasteiger charge is 2.19. The van der Waals surface area contributed by atoms with Crippen LogP contribution in [0, 0.1) is 10.1 Å². The number of nitrogens with zero attached hydrogens (tertiary/aromatic N) is 1. The lowest BCUT2D eigenvalue weighted by molar-refractivity contribution is -0.387. The van der Waals surface area contributed by atoms with E-state index in [4.69, 9.17) is 0 Å². The fourth-order valence-corrected chi connectivity index (χ4v) is 4.55. The van der Waals surface area contributed by atoms with Gasteiger partial charge < -0.3 is 4.79 Å². The average molecular weight is 355 g/mol. The van der Waals surface area contributed by atoms with E-state index in [1.54, 1.807) is 0 Å². The van der Waals surface area contributed by atoms with E-state index in [9.17, 15) is 14.9 Å². The molecule has 0 aliphatic heterocycles. The third-order valence-corrected chi connectivity index (χ3v) is 5.73. The predicted molar refractivity (Wildman–Crippen MR) is 96.7 cm³/mol. The molecule has 0 unspecified atom stereocenters. The molecule has 0 atom stereocenters. The smallest absolute Gasteiger partial charge is 0.294 e. The van der Waals surface area contributed by atoms with Crippen LogP contribution in [-0.2, 0) is 11.2 Å². The van der Waals surface area contributed by atoms with Crippen molar-refractivity contribution in [1.29, 1.82) is 0 Å². The van der Waals surface area contributed by atoms with Crippen molar-refractivity contribution in [2.24, 2.45) is 0 Å². The summed E-state index contributed by atoms with van der Waals surface area (Å²) >= 11 is 2.65. The number of rotatable bonds is 6. The minimum absolute atomic E-state index is 0.0639. The fraction of sp³-hybridized carbons (Fsp3) is 0.0556. The quantitative estimate of drug-likeness (QED) is 0.346. The van der Waals surface area contributed by atoms with E-state index in [1.807, 2.05) is 54.6 Å². The molecular formula is C18H13NO3S2. The van der Waals surface area contributed by atoms with Gasteiger partial charge in [-0.25, -0.2) is 0 Å². The molecule has 0 bridgehead atoms. The van der Waals surface area contributed by atoms with Crippen LogP contribution in [0.25, 0.3) is 11.1 Å². The highest BCUT2D eigenvalue weighted by molar-refractivity contribution is 8.01. The first-order chi connectivity index (χ1) is 11.7. The lowest BCUT2D eigenvalue weighted by Gasteiger charge is -2.03. The second-order valence-electron chi connectivity index (χ2n) is 5.01. The number of hydrogen-bond acceptors (Lipinski definition) is 5. The second-order valence-corrected chi connectivity index (χ2v) is 7.48. The number of hydrogen-bond donors (Lipinski definition) is 0. The summed E-state index contributed by atoms with van der Waals surface area (Å²) in [6.45, 7) is 0. The van der Waals surface area contributed by atoms with Crippen molar-refractivity contribution in [1.82, 2.24) is 0 Å². The molecular weight excluding hydrogens is 342 g/mol. The summed E-state index contributed by atoms with van der Waals surface area (Å²) in [5.41, 5.74) is 2.29. The van der Waals surface area contributed by atoms with E-state index < -0.39 is 4.92 Å². The highest BCUT2D eigenvalue weighted by atomic mass is 32.2. The Balaban J connectivity index is 1.84. The van der Waals surface area contributed by atoms with E-state index in [0.29, 0.717) is 9.09 Å². The van der Waals surface area contributed by atoms with E-state index in [2.05, 4.69) is 0 Å². The van der Waals surface area contributed by atoms with Gasteiger partial charge in [0, 0.05) is 22.3 Å². The molecule has 0 radical (unpaired) electrons. The molecule has 1 aromatic heterocycles. The Morgan fingerprint density at radius 3 is 2.33 bits per heavy atom. The number of aldehydes is 1. The third kappa shape index (κ3) is 3.72. The van der Waals surface area contributed by atoms with Crippen LogP contribution >= 0.6 is 23.1 Å². The van der Waals surface area contributed by atoms with Crippen LogP contribution in [0.2, 0.25) is 0 Å². The molecule has 0 saturated heterocycles. The molecule has 0 aliphatic rings. The Hall–Kier alpha value is -2.44. The number of benzene rings is 2. The molecule has 3 rings (SSSR count). The maximum atomic E-state index is 11.2. The molecule has 0 fully saturated rings. The van der Waals surface area contributed by atoms with Gasteiger partial charge in [0.25, 0.3) is 5.69 Å². The largest absolute Gasteiger partial charge is 0.303 e. The zero-order valence-electron chi connectivity index (χ0n) is 12.5. The molecule has 2 aromatic carbocycles. The standard InChI is InChI=1S/C18H13NO3S2/c20-11-10-16-12-17(19(21)22)18(24-16)23-15-8-6-14(7-9-15)13-4-2-1-3-5-13/h1-9,11-12H,10H2. The van der Waals surface area contributed by atoms with Crippen LogP contribution in [0.4, 0.5) is 5.69 Å². The molecule has 0 amide bonds. The van der Waals surface area contributed by atoms with Crippen molar-refractivity contribution in [3.63, 3.8) is 0 Å². The Morgan fingerprint density at radius 2 is 1.71 bits per heavy atom. The minimum Gasteiger partial charge on any atom is -0.303 e. The van der Waals surface area contributed by atoms with E-state index in [1.165, 1.54) is 29.2 Å². The maximum absolute atomic E-state index is 11.2. The van der Waals surface area contributed by atoms with Gasteiger partial charge >= 0.3 is 0 Å². The summed E-state index contributed by atoms with van der Waals surface area (Å²) in [5.74, 6) is 0. The highest BCUT2D eigenvalue weighted by Crippen LogP contribution is 2.41. The van der Waals surface area contributed by atoms with Crippen molar-refractivity contribution in [3.05, 3.63) is 75.7 Å². The first kappa shape index (κ1) is 16.4. The molecule has 3 aromatic rings. The Labute approximate surface area is 147 Å². The summed E-state index contributed by atoms with van der Waals surface area (Å²) in [7, 11) is 0. The zero-order chi connectivity index (χ0) is 16.9. The molecule has 1 heterocycles. The van der Waals surface area contributed by atoms with Gasteiger partial charge in [0.2, 0.25) is 0 Å². The first-order valence-electron chi connectivity index (χ1n) is 7.21. The average Bonchev–Trinajstić information content (AvgIpc) is 2.99. The monoisotopic (exact) mass is 355 g/mol. The van der Waals surface area contributed by atoms with Crippen LogP contribution in [0.5, 0.6) is 0 Å². The number of carbonyl (C=O) groups is 1. The Morgan fingerprint density at radius 1 is 1.04 bits per heavy atom. The van der Waals surface area contributed by atoms with Gasteiger partial charge in [-0.3, -0.25) is 10.1 Å². The molecule has 6 heteroatoms. The van der Waals surface area contributed by atoms with Gasteiger partial charge in [0.15, 0.2) is 0 Å². The summed E-state index contributed by atoms with van der Waals surface area (Å²) in [6.07, 6.45) is 0.970. The fourth-order valence-electron chi connectivity index (χ4n) is 2.25. The van der Waals surface area contributed by atoms with Crippen LogP contribution < -0.4 is 0 Å². The van der Waals surface area contributed by atoms with Crippen molar-refractivity contribution in [3.8, 4) is 11.1 Å². The van der Waals surface area contributed by atoms with Gasteiger partial charge in [-0.05, 0) is 23.3 Å². The maximum Gasteiger partial charge on any atom is 0.294 e. The number of thiophene rings is 1. The van der Waals surface area contributed by atoms with Gasteiger partial charge in [0.05, 0.1) is 4.92 Å². The van der Waals surface area contributed by atoms with Crippen molar-refractivity contribution >= 4 is 35.1 Å². The van der Waals surface area contributed by atoms with E-state index in [-0.39, 0.29) is 12.1 Å². The lowest BCUT2D eigenvalue weighted by atomic mass is 10.1. The summed E-state index contributed by atoms with van der Waals surface area (Å²) < 4.78 is 0.601. The predicted octanol–water partition coefficient (Wildman–Crippen LogP) is 5.22. The van der Waals surface area contributed by atoms with Crippen molar-refractivity contribution in [2.45, 2.75) is 15.5 Å². The SMILES string of the molecule is O=CCc1cc([N+](=O)[O-])c(Sc2ccc(-c3ccccc3)cc2)s1. The van der Waals surface area contributed by atoms with Crippen LogP contribution in [0.3, 0.4) is 0 Å². The molecule has 24 heavy (non-hydrogen) atoms. The second kappa shape index (κ2) is 7.42. The van der Waals surface area contributed by atoms with Gasteiger partial charge in [0.1, 0.15) is 10.5 Å². The van der Waals surface area contributed by atoms with Crippen molar-refractivity contribution in [2.75, 3.05) is 0 Å². The van der Waals surface area contributed by atoms with Crippen LogP contribution in [0.15, 0.2) is 69.8 Å².